The third-order valence-electron chi connectivity index (χ3n) is 3.90. The first-order valence-electron chi connectivity index (χ1n) is 5.54. The van der Waals surface area contributed by atoms with Gasteiger partial charge in [-0.05, 0) is 43.2 Å². The fourth-order valence-electron chi connectivity index (χ4n) is 2.47. The lowest BCUT2D eigenvalue weighted by Gasteiger charge is -2.16. The van der Waals surface area contributed by atoms with Crippen LogP contribution in [0.4, 0.5) is 0 Å². The Morgan fingerprint density at radius 2 is 2.15 bits per heavy atom. The standard InChI is InChI=1S/C11H22N2/c1-11(2)5-10(11)8-13-4-3-9(6-12)7-13/h9-10H,3-8,12H2,1-2H3. The molecule has 2 N–H and O–H groups in total. The lowest BCUT2D eigenvalue weighted by Crippen LogP contribution is -2.26. The van der Waals surface area contributed by atoms with Gasteiger partial charge in [0.05, 0.1) is 0 Å². The van der Waals surface area contributed by atoms with Crippen molar-refractivity contribution in [1.82, 2.24) is 4.90 Å². The Labute approximate surface area is 81.5 Å². The molecule has 0 aromatic carbocycles. The highest BCUT2D eigenvalue weighted by Gasteiger charge is 2.46. The van der Waals surface area contributed by atoms with E-state index in [0.717, 1.165) is 18.4 Å². The SMILES string of the molecule is CC1(C)CC1CN1CCC(CN)C1. The molecule has 0 amide bonds. The van der Waals surface area contributed by atoms with Crippen LogP contribution in [-0.4, -0.2) is 31.1 Å². The summed E-state index contributed by atoms with van der Waals surface area (Å²) in [4.78, 5) is 2.61. The van der Waals surface area contributed by atoms with Gasteiger partial charge in [-0.25, -0.2) is 0 Å². The number of likely N-dealkylation sites (tertiary alicyclic amines) is 1. The molecular weight excluding hydrogens is 160 g/mol. The molecule has 2 fully saturated rings. The molecule has 0 radical (unpaired) electrons. The summed E-state index contributed by atoms with van der Waals surface area (Å²) in [5.74, 6) is 1.74. The molecule has 1 aliphatic carbocycles. The lowest BCUT2D eigenvalue weighted by atomic mass is 10.1. The van der Waals surface area contributed by atoms with Gasteiger partial charge in [-0.15, -0.1) is 0 Å². The van der Waals surface area contributed by atoms with Crippen LogP contribution in [0, 0.1) is 17.3 Å². The van der Waals surface area contributed by atoms with Gasteiger partial charge in [0.1, 0.15) is 0 Å². The van der Waals surface area contributed by atoms with Crippen LogP contribution in [0.25, 0.3) is 0 Å². The van der Waals surface area contributed by atoms with Crippen molar-refractivity contribution in [2.75, 3.05) is 26.2 Å². The maximum atomic E-state index is 5.67. The highest BCUT2D eigenvalue weighted by molar-refractivity contribution is 4.97. The maximum absolute atomic E-state index is 5.67. The van der Waals surface area contributed by atoms with Crippen molar-refractivity contribution in [3.8, 4) is 0 Å². The molecule has 0 aromatic heterocycles. The molecule has 2 atom stereocenters. The molecule has 2 rings (SSSR count). The lowest BCUT2D eigenvalue weighted by molar-refractivity contribution is 0.295. The molecule has 1 saturated carbocycles. The van der Waals surface area contributed by atoms with E-state index in [1.807, 2.05) is 0 Å². The fourth-order valence-corrected chi connectivity index (χ4v) is 2.47. The topological polar surface area (TPSA) is 29.3 Å². The second-order valence-corrected chi connectivity index (χ2v) is 5.54. The van der Waals surface area contributed by atoms with Crippen molar-refractivity contribution in [3.05, 3.63) is 0 Å². The van der Waals surface area contributed by atoms with Crippen LogP contribution in [0.5, 0.6) is 0 Å². The quantitative estimate of drug-likeness (QED) is 0.713. The Morgan fingerprint density at radius 3 is 2.62 bits per heavy atom. The average Bonchev–Trinajstić information content (AvgIpc) is 2.48. The van der Waals surface area contributed by atoms with Crippen molar-refractivity contribution >= 4 is 0 Å². The molecule has 0 bridgehead atoms. The number of hydrogen-bond donors (Lipinski definition) is 1. The first kappa shape index (κ1) is 9.47. The summed E-state index contributed by atoms with van der Waals surface area (Å²) < 4.78 is 0. The highest BCUT2D eigenvalue weighted by atomic mass is 15.2. The summed E-state index contributed by atoms with van der Waals surface area (Å²) >= 11 is 0. The monoisotopic (exact) mass is 182 g/mol. The molecule has 0 aromatic rings. The van der Waals surface area contributed by atoms with Gasteiger partial charge >= 0.3 is 0 Å². The summed E-state index contributed by atoms with van der Waals surface area (Å²) in [7, 11) is 0. The van der Waals surface area contributed by atoms with E-state index in [2.05, 4.69) is 18.7 Å². The van der Waals surface area contributed by atoms with Crippen LogP contribution in [0.3, 0.4) is 0 Å². The molecule has 2 nitrogen and oxygen atoms in total. The van der Waals surface area contributed by atoms with Gasteiger partial charge in [-0.2, -0.15) is 0 Å². The van der Waals surface area contributed by atoms with Crippen LogP contribution in [0.15, 0.2) is 0 Å². The summed E-state index contributed by atoms with van der Waals surface area (Å²) in [6, 6.07) is 0. The third-order valence-corrected chi connectivity index (χ3v) is 3.90. The van der Waals surface area contributed by atoms with Gasteiger partial charge in [-0.1, -0.05) is 13.8 Å². The van der Waals surface area contributed by atoms with E-state index in [1.54, 1.807) is 0 Å². The van der Waals surface area contributed by atoms with Crippen LogP contribution in [0.1, 0.15) is 26.7 Å². The predicted octanol–water partition coefficient (Wildman–Crippen LogP) is 1.31. The zero-order valence-electron chi connectivity index (χ0n) is 8.92. The van der Waals surface area contributed by atoms with Gasteiger partial charge in [-0.3, -0.25) is 0 Å². The van der Waals surface area contributed by atoms with Crippen molar-refractivity contribution in [1.29, 1.82) is 0 Å². The van der Waals surface area contributed by atoms with E-state index in [-0.39, 0.29) is 0 Å². The molecule has 2 unspecified atom stereocenters. The summed E-state index contributed by atoms with van der Waals surface area (Å²) in [6.07, 6.45) is 2.75. The second-order valence-electron chi connectivity index (χ2n) is 5.54. The molecule has 1 heterocycles. The van der Waals surface area contributed by atoms with Crippen LogP contribution in [0.2, 0.25) is 0 Å². The normalized spacial score (nSPS) is 38.1. The number of hydrogen-bond acceptors (Lipinski definition) is 2. The van der Waals surface area contributed by atoms with E-state index < -0.39 is 0 Å². The first-order chi connectivity index (χ1) is 6.12. The molecule has 0 spiro atoms. The number of nitrogens with two attached hydrogens (primary N) is 1. The molecule has 1 aliphatic heterocycles. The fraction of sp³-hybridized carbons (Fsp3) is 1.00. The Bertz CT molecular complexity index is 189. The van der Waals surface area contributed by atoms with Crippen LogP contribution >= 0.6 is 0 Å². The Balaban J connectivity index is 1.73. The average molecular weight is 182 g/mol. The minimum atomic E-state index is 0.640. The van der Waals surface area contributed by atoms with E-state index in [1.165, 1.54) is 32.5 Å². The zero-order chi connectivity index (χ0) is 9.47. The van der Waals surface area contributed by atoms with Crippen molar-refractivity contribution in [2.24, 2.45) is 23.0 Å². The van der Waals surface area contributed by atoms with Crippen LogP contribution in [-0.2, 0) is 0 Å². The Morgan fingerprint density at radius 1 is 1.46 bits per heavy atom. The maximum Gasteiger partial charge on any atom is 0.00223 e. The van der Waals surface area contributed by atoms with E-state index in [9.17, 15) is 0 Å². The molecule has 2 heteroatoms. The van der Waals surface area contributed by atoms with Crippen LogP contribution < -0.4 is 5.73 Å². The van der Waals surface area contributed by atoms with Gasteiger partial charge < -0.3 is 10.6 Å². The summed E-state index contributed by atoms with van der Waals surface area (Å²) in [5.41, 5.74) is 6.31. The molecular formula is C11H22N2. The van der Waals surface area contributed by atoms with Gasteiger partial charge in [0.2, 0.25) is 0 Å². The smallest absolute Gasteiger partial charge is 0.00223 e. The van der Waals surface area contributed by atoms with Crippen molar-refractivity contribution in [2.45, 2.75) is 26.7 Å². The number of rotatable bonds is 3. The minimum absolute atomic E-state index is 0.640. The first-order valence-corrected chi connectivity index (χ1v) is 5.54. The van der Waals surface area contributed by atoms with E-state index in [4.69, 9.17) is 5.73 Å². The Kier molecular flexibility index (Phi) is 2.37. The zero-order valence-corrected chi connectivity index (χ0v) is 8.92. The predicted molar refractivity (Wildman–Crippen MR) is 55.5 cm³/mol. The highest BCUT2D eigenvalue weighted by Crippen LogP contribution is 2.52. The Hall–Kier alpha value is -0.0800. The van der Waals surface area contributed by atoms with E-state index >= 15 is 0 Å². The molecule has 1 saturated heterocycles. The van der Waals surface area contributed by atoms with Crippen molar-refractivity contribution < 1.29 is 0 Å². The van der Waals surface area contributed by atoms with Gasteiger partial charge in [0.15, 0.2) is 0 Å². The van der Waals surface area contributed by atoms with Crippen molar-refractivity contribution in [3.63, 3.8) is 0 Å². The van der Waals surface area contributed by atoms with E-state index in [0.29, 0.717) is 5.41 Å². The third kappa shape index (κ3) is 2.05. The molecule has 2 aliphatic rings. The molecule has 76 valence electrons. The molecule has 13 heavy (non-hydrogen) atoms. The summed E-state index contributed by atoms with van der Waals surface area (Å²) in [5, 5.41) is 0. The summed E-state index contributed by atoms with van der Waals surface area (Å²) in [6.45, 7) is 9.51. The van der Waals surface area contributed by atoms with Gasteiger partial charge in [0, 0.05) is 13.1 Å². The second kappa shape index (κ2) is 3.25. The number of nitrogens with zero attached hydrogens (tertiary/aromatic N) is 1. The van der Waals surface area contributed by atoms with Gasteiger partial charge in [0.25, 0.3) is 0 Å². The minimum Gasteiger partial charge on any atom is -0.330 e. The largest absolute Gasteiger partial charge is 0.330 e.